The zero-order chi connectivity index (χ0) is 15.8. The highest BCUT2D eigenvalue weighted by Gasteiger charge is 2.27. The average Bonchev–Trinajstić information content (AvgIpc) is 2.80. The Morgan fingerprint density at radius 1 is 1.48 bits per heavy atom. The van der Waals surface area contributed by atoms with Crippen molar-refractivity contribution in [2.75, 3.05) is 39.5 Å². The molecule has 1 atom stereocenters. The molecule has 2 N–H and O–H groups in total. The Balaban J connectivity index is 2.21. The zero-order valence-corrected chi connectivity index (χ0v) is 14.2. The SMILES string of the molecule is Cc1cc(S(=O)(=O)N(C)CC2CCN(C)C2)cc(N)c1Cl. The van der Waals surface area contributed by atoms with Crippen molar-refractivity contribution in [3.05, 3.63) is 22.7 Å². The molecule has 1 heterocycles. The zero-order valence-electron chi connectivity index (χ0n) is 12.6. The van der Waals surface area contributed by atoms with Gasteiger partial charge < -0.3 is 10.6 Å². The summed E-state index contributed by atoms with van der Waals surface area (Å²) in [6.07, 6.45) is 1.03. The third kappa shape index (κ3) is 3.51. The van der Waals surface area contributed by atoms with Gasteiger partial charge in [-0.25, -0.2) is 12.7 Å². The van der Waals surface area contributed by atoms with Crippen LogP contribution in [0.15, 0.2) is 17.0 Å². The molecule has 1 fully saturated rings. The lowest BCUT2D eigenvalue weighted by molar-refractivity contribution is 0.357. The van der Waals surface area contributed by atoms with E-state index in [0.29, 0.717) is 28.7 Å². The number of hydrogen-bond acceptors (Lipinski definition) is 4. The molecule has 1 saturated heterocycles. The van der Waals surface area contributed by atoms with E-state index >= 15 is 0 Å². The first kappa shape index (κ1) is 16.5. The van der Waals surface area contributed by atoms with Crippen LogP contribution >= 0.6 is 11.6 Å². The number of aryl methyl sites for hydroxylation is 1. The number of halogens is 1. The molecule has 1 aromatic rings. The van der Waals surface area contributed by atoms with Crippen molar-refractivity contribution < 1.29 is 8.42 Å². The van der Waals surface area contributed by atoms with Gasteiger partial charge in [0.05, 0.1) is 15.6 Å². The van der Waals surface area contributed by atoms with Crippen LogP contribution in [0.25, 0.3) is 0 Å². The fraction of sp³-hybridized carbons (Fsp3) is 0.571. The van der Waals surface area contributed by atoms with E-state index in [1.807, 2.05) is 0 Å². The number of benzene rings is 1. The van der Waals surface area contributed by atoms with Crippen molar-refractivity contribution in [1.82, 2.24) is 9.21 Å². The highest BCUT2D eigenvalue weighted by molar-refractivity contribution is 7.89. The van der Waals surface area contributed by atoms with Gasteiger partial charge >= 0.3 is 0 Å². The molecule has 1 aliphatic rings. The topological polar surface area (TPSA) is 66.6 Å². The van der Waals surface area contributed by atoms with Gasteiger partial charge in [-0.15, -0.1) is 0 Å². The fourth-order valence-corrected chi connectivity index (χ4v) is 4.21. The van der Waals surface area contributed by atoms with Gasteiger partial charge in [0.2, 0.25) is 10.0 Å². The Morgan fingerprint density at radius 2 is 2.14 bits per heavy atom. The smallest absolute Gasteiger partial charge is 0.242 e. The number of likely N-dealkylation sites (tertiary alicyclic amines) is 1. The summed E-state index contributed by atoms with van der Waals surface area (Å²) in [4.78, 5) is 2.42. The predicted molar refractivity (Wildman–Crippen MR) is 86.0 cm³/mol. The van der Waals surface area contributed by atoms with Gasteiger partial charge in [0.1, 0.15) is 0 Å². The number of rotatable bonds is 4. The van der Waals surface area contributed by atoms with Gasteiger partial charge in [-0.3, -0.25) is 0 Å². The van der Waals surface area contributed by atoms with E-state index in [-0.39, 0.29) is 4.90 Å². The standard InChI is InChI=1S/C14H22ClN3O2S/c1-10-6-12(7-13(16)14(10)15)21(19,20)18(3)9-11-4-5-17(2)8-11/h6-7,11H,4-5,8-9,16H2,1-3H3. The van der Waals surface area contributed by atoms with E-state index in [2.05, 4.69) is 11.9 Å². The number of nitrogens with two attached hydrogens (primary N) is 1. The van der Waals surface area contributed by atoms with Crippen LogP contribution in [0, 0.1) is 12.8 Å². The lowest BCUT2D eigenvalue weighted by Gasteiger charge is -2.21. The molecule has 0 aliphatic carbocycles. The van der Waals surface area contributed by atoms with Crippen LogP contribution in [0.3, 0.4) is 0 Å². The summed E-state index contributed by atoms with van der Waals surface area (Å²) in [6, 6.07) is 3.01. The Kier molecular flexibility index (Phi) is 4.82. The molecular weight excluding hydrogens is 310 g/mol. The van der Waals surface area contributed by atoms with Crippen molar-refractivity contribution >= 4 is 27.3 Å². The van der Waals surface area contributed by atoms with Crippen molar-refractivity contribution in [2.45, 2.75) is 18.2 Å². The minimum absolute atomic E-state index is 0.204. The fourth-order valence-electron chi connectivity index (χ4n) is 2.73. The van der Waals surface area contributed by atoms with Crippen molar-refractivity contribution in [2.24, 2.45) is 5.92 Å². The molecule has 118 valence electrons. The second-order valence-electron chi connectivity index (χ2n) is 5.85. The number of nitrogen functional groups attached to an aromatic ring is 1. The lowest BCUT2D eigenvalue weighted by atomic mass is 10.1. The van der Waals surface area contributed by atoms with Crippen LogP contribution in [0.4, 0.5) is 5.69 Å². The van der Waals surface area contributed by atoms with E-state index in [1.165, 1.54) is 10.4 Å². The minimum atomic E-state index is -3.53. The van der Waals surface area contributed by atoms with E-state index in [0.717, 1.165) is 19.5 Å². The van der Waals surface area contributed by atoms with Gasteiger partial charge in [0.25, 0.3) is 0 Å². The summed E-state index contributed by atoms with van der Waals surface area (Å²) >= 11 is 5.99. The Morgan fingerprint density at radius 3 is 2.67 bits per heavy atom. The monoisotopic (exact) mass is 331 g/mol. The highest BCUT2D eigenvalue weighted by Crippen LogP contribution is 2.28. The first-order chi connectivity index (χ1) is 9.71. The molecule has 0 amide bonds. The van der Waals surface area contributed by atoms with Gasteiger partial charge in [-0.1, -0.05) is 11.6 Å². The first-order valence-corrected chi connectivity index (χ1v) is 8.74. The maximum atomic E-state index is 12.6. The quantitative estimate of drug-likeness (QED) is 0.854. The molecule has 0 bridgehead atoms. The number of sulfonamides is 1. The van der Waals surface area contributed by atoms with Crippen molar-refractivity contribution in [3.8, 4) is 0 Å². The average molecular weight is 332 g/mol. The first-order valence-electron chi connectivity index (χ1n) is 6.92. The van der Waals surface area contributed by atoms with Gasteiger partial charge in [-0.05, 0) is 50.6 Å². The highest BCUT2D eigenvalue weighted by atomic mass is 35.5. The molecule has 1 aromatic carbocycles. The number of anilines is 1. The molecule has 1 unspecified atom stereocenters. The minimum Gasteiger partial charge on any atom is -0.397 e. The third-order valence-electron chi connectivity index (χ3n) is 3.97. The second kappa shape index (κ2) is 6.12. The maximum Gasteiger partial charge on any atom is 0.242 e. The maximum absolute atomic E-state index is 12.6. The molecule has 7 heteroatoms. The molecule has 0 aromatic heterocycles. The Labute approximate surface area is 131 Å². The molecule has 21 heavy (non-hydrogen) atoms. The summed E-state index contributed by atoms with van der Waals surface area (Å²) in [7, 11) is 0.143. The van der Waals surface area contributed by atoms with Crippen molar-refractivity contribution in [1.29, 1.82) is 0 Å². The van der Waals surface area contributed by atoms with E-state index in [9.17, 15) is 8.42 Å². The molecule has 5 nitrogen and oxygen atoms in total. The Bertz CT molecular complexity index is 610. The molecule has 1 aliphatic heterocycles. The summed E-state index contributed by atoms with van der Waals surface area (Å²) in [5.41, 5.74) is 6.74. The van der Waals surface area contributed by atoms with E-state index in [4.69, 9.17) is 17.3 Å². The predicted octanol–water partition coefficient (Wildman–Crippen LogP) is 1.80. The van der Waals surface area contributed by atoms with Gasteiger partial charge in [0, 0.05) is 20.1 Å². The summed E-state index contributed by atoms with van der Waals surface area (Å²) < 4.78 is 26.7. The molecule has 0 saturated carbocycles. The third-order valence-corrected chi connectivity index (χ3v) is 6.29. The van der Waals surface area contributed by atoms with E-state index in [1.54, 1.807) is 20.0 Å². The number of hydrogen-bond donors (Lipinski definition) is 1. The molecule has 0 spiro atoms. The van der Waals surface area contributed by atoms with Gasteiger partial charge in [0.15, 0.2) is 0 Å². The van der Waals surface area contributed by atoms with Crippen LogP contribution in [0.1, 0.15) is 12.0 Å². The summed E-state index contributed by atoms with van der Waals surface area (Å²) in [6.45, 7) is 4.23. The van der Waals surface area contributed by atoms with Crippen LogP contribution in [0.5, 0.6) is 0 Å². The largest absolute Gasteiger partial charge is 0.397 e. The normalized spacial score (nSPS) is 20.3. The van der Waals surface area contributed by atoms with Crippen LogP contribution < -0.4 is 5.73 Å². The second-order valence-corrected chi connectivity index (χ2v) is 8.27. The molecule has 0 radical (unpaired) electrons. The van der Waals surface area contributed by atoms with Crippen LogP contribution in [-0.4, -0.2) is 51.4 Å². The van der Waals surface area contributed by atoms with Crippen molar-refractivity contribution in [3.63, 3.8) is 0 Å². The van der Waals surface area contributed by atoms with Gasteiger partial charge in [-0.2, -0.15) is 0 Å². The number of nitrogens with zero attached hydrogens (tertiary/aromatic N) is 2. The Hall–Kier alpha value is -0.820. The molecule has 2 rings (SSSR count). The summed E-state index contributed by atoms with van der Waals surface area (Å²) in [5, 5.41) is 0.411. The van der Waals surface area contributed by atoms with Crippen LogP contribution in [0.2, 0.25) is 5.02 Å². The summed E-state index contributed by atoms with van der Waals surface area (Å²) in [5.74, 6) is 0.375. The lowest BCUT2D eigenvalue weighted by Crippen LogP contribution is -2.33. The van der Waals surface area contributed by atoms with E-state index < -0.39 is 10.0 Å². The molecular formula is C14H22ClN3O2S. The van der Waals surface area contributed by atoms with Crippen LogP contribution in [-0.2, 0) is 10.0 Å².